The van der Waals surface area contributed by atoms with Gasteiger partial charge in [-0.25, -0.2) is 4.39 Å². The van der Waals surface area contributed by atoms with E-state index in [9.17, 15) is 23.9 Å². The van der Waals surface area contributed by atoms with Crippen LogP contribution in [-0.2, 0) is 20.8 Å². The van der Waals surface area contributed by atoms with Gasteiger partial charge in [0, 0.05) is 41.0 Å². The minimum Gasteiger partial charge on any atom is -0.376 e. The minimum absolute atomic E-state index is 0.0666. The number of aromatic nitrogens is 1. The molecule has 9 atom stereocenters. The van der Waals surface area contributed by atoms with Gasteiger partial charge >= 0.3 is 0 Å². The zero-order valence-corrected chi connectivity index (χ0v) is 26.5. The Morgan fingerprint density at radius 3 is 2.82 bits per heavy atom. The zero-order valence-electron chi connectivity index (χ0n) is 26.5. The van der Waals surface area contributed by atoms with Crippen LogP contribution in [0.3, 0.4) is 0 Å². The molecule has 0 bridgehead atoms. The summed E-state index contributed by atoms with van der Waals surface area (Å²) in [5.74, 6) is -0.309. The lowest BCUT2D eigenvalue weighted by Gasteiger charge is -2.72. The number of halogens is 1. The fourth-order valence-electron chi connectivity index (χ4n) is 11.5. The minimum atomic E-state index is -1.01. The Morgan fingerprint density at radius 1 is 1.29 bits per heavy atom. The quantitative estimate of drug-likeness (QED) is 0.292. The highest BCUT2D eigenvalue weighted by molar-refractivity contribution is 6.23. The number of carbonyl (C=O) groups is 3. The number of aliphatic hydroxyl groups is 1. The van der Waals surface area contributed by atoms with Crippen molar-refractivity contribution in [1.29, 1.82) is 0 Å². The molecule has 45 heavy (non-hydrogen) atoms. The number of likely N-dealkylation sites (tertiary alicyclic amines) is 1. The number of likely N-dealkylation sites (N-methyl/N-ethyl adjacent to an activating group) is 1. The number of aliphatic hydroxyl groups excluding tert-OH is 1. The van der Waals surface area contributed by atoms with Crippen LogP contribution in [0.5, 0.6) is 0 Å². The average molecular weight is 615 g/mol. The summed E-state index contributed by atoms with van der Waals surface area (Å²) in [6, 6.07) is 3.19. The van der Waals surface area contributed by atoms with E-state index < -0.39 is 23.7 Å². The molecule has 0 radical (unpaired) electrons. The number of nitrogens with one attached hydrogen (secondary N) is 2. The van der Waals surface area contributed by atoms with E-state index in [2.05, 4.69) is 42.4 Å². The van der Waals surface area contributed by atoms with Crippen LogP contribution in [0.15, 0.2) is 48.2 Å². The summed E-state index contributed by atoms with van der Waals surface area (Å²) in [5.41, 5.74) is 1.33. The van der Waals surface area contributed by atoms with E-state index in [1.165, 1.54) is 17.7 Å². The second kappa shape index (κ2) is 9.38. The third-order valence-corrected chi connectivity index (χ3v) is 13.2. The van der Waals surface area contributed by atoms with Gasteiger partial charge < -0.3 is 20.3 Å². The summed E-state index contributed by atoms with van der Waals surface area (Å²) in [4.78, 5) is 48.6. The van der Waals surface area contributed by atoms with Gasteiger partial charge in [-0.2, -0.15) is 0 Å². The van der Waals surface area contributed by atoms with Gasteiger partial charge in [0.25, 0.3) is 0 Å². The highest BCUT2D eigenvalue weighted by Crippen LogP contribution is 3.07. The van der Waals surface area contributed by atoms with Crippen LogP contribution in [0.2, 0.25) is 0 Å². The Hall–Kier alpha value is -3.30. The largest absolute Gasteiger partial charge is 0.376 e. The van der Waals surface area contributed by atoms with E-state index in [0.717, 1.165) is 30.2 Å². The molecule has 238 valence electrons. The second-order valence-electron chi connectivity index (χ2n) is 15.4. The zero-order chi connectivity index (χ0) is 31.7. The van der Waals surface area contributed by atoms with Gasteiger partial charge in [-0.05, 0) is 93.5 Å². The summed E-state index contributed by atoms with van der Waals surface area (Å²) in [6.45, 7) is 7.43. The van der Waals surface area contributed by atoms with Crippen molar-refractivity contribution in [3.63, 3.8) is 0 Å². The van der Waals surface area contributed by atoms with Gasteiger partial charge in [-0.15, -0.1) is 0 Å². The van der Waals surface area contributed by atoms with Crippen molar-refractivity contribution < 1.29 is 23.9 Å². The fraction of sp³-hybridized carbons (Fsp3) is 0.583. The molecule has 9 heteroatoms. The molecule has 5 aliphatic carbocycles. The number of allylic oxidation sites excluding steroid dienone is 3. The van der Waals surface area contributed by atoms with E-state index in [1.54, 1.807) is 17.2 Å². The van der Waals surface area contributed by atoms with Crippen molar-refractivity contribution in [3.8, 4) is 0 Å². The maximum absolute atomic E-state index is 14.3. The molecule has 5 fully saturated rings. The van der Waals surface area contributed by atoms with Crippen molar-refractivity contribution in [2.45, 2.75) is 77.6 Å². The fourth-order valence-corrected chi connectivity index (χ4v) is 11.5. The molecule has 8 rings (SSSR count). The van der Waals surface area contributed by atoms with Crippen molar-refractivity contribution in [1.82, 2.24) is 20.1 Å². The Labute approximate surface area is 263 Å². The van der Waals surface area contributed by atoms with Crippen LogP contribution in [0.25, 0.3) is 10.9 Å². The molecule has 1 aromatic heterocycles. The van der Waals surface area contributed by atoms with Crippen LogP contribution in [0, 0.1) is 39.3 Å². The number of hydrogen-bond donors (Lipinski definition) is 3. The number of nitrogens with zero attached hydrogens (tertiary/aromatic N) is 2. The highest BCUT2D eigenvalue weighted by atomic mass is 19.1. The predicted molar refractivity (Wildman–Crippen MR) is 167 cm³/mol. The number of Topliss-reactive ketones (excluding diaryl/α,β-unsaturated/α-hetero) is 1. The molecule has 3 N–H and O–H groups in total. The Balaban J connectivity index is 1.03. The standard InChI is InChI=1S/C36H43FN4O4/c1-20-8-5-6-9-21(20)18-40(4)30(43)26(14-22-17-38-25-15-23(37)11-12-24(22)25)39-29(42)27-10-7-13-41(27)32(45)35-28-16-33(2)19-34(3,31(35)44)36(28,33)35/h5-6,8,11-12,15,17,21,26-28,30,38,43H,7,9-10,13-14,16,18-19H2,1-4H3,(H,39,42). The van der Waals surface area contributed by atoms with E-state index in [-0.39, 0.29) is 51.5 Å². The smallest absolute Gasteiger partial charge is 0.243 e. The average Bonchev–Trinajstić information content (AvgIpc) is 3.27. The molecule has 8 nitrogen and oxygen atoms in total. The van der Waals surface area contributed by atoms with Gasteiger partial charge in [0.2, 0.25) is 11.8 Å². The molecule has 2 aromatic rings. The highest BCUT2D eigenvalue weighted by Gasteiger charge is 3.12. The molecule has 9 unspecified atom stereocenters. The molecule has 6 aliphatic rings. The Morgan fingerprint density at radius 2 is 2.09 bits per heavy atom. The number of H-pyrrole nitrogens is 1. The summed E-state index contributed by atoms with van der Waals surface area (Å²) in [6.07, 6.45) is 11.3. The topological polar surface area (TPSA) is 106 Å². The molecule has 2 heterocycles. The first kappa shape index (κ1) is 29.1. The van der Waals surface area contributed by atoms with Crippen LogP contribution in [0.1, 0.15) is 58.4 Å². The monoisotopic (exact) mass is 614 g/mol. The van der Waals surface area contributed by atoms with E-state index in [4.69, 9.17) is 0 Å². The van der Waals surface area contributed by atoms with E-state index in [1.807, 2.05) is 18.9 Å². The number of hydrogen-bond acceptors (Lipinski definition) is 5. The molecule has 4 saturated carbocycles. The Bertz CT molecular complexity index is 1720. The third kappa shape index (κ3) is 3.41. The van der Waals surface area contributed by atoms with Crippen molar-refractivity contribution >= 4 is 28.5 Å². The van der Waals surface area contributed by atoms with E-state index >= 15 is 0 Å². The number of benzene rings is 1. The molecular formula is C36H43FN4O4. The first-order valence-corrected chi connectivity index (χ1v) is 16.5. The SMILES string of the molecule is CC1=CC=CCC1CN(C)C(O)C(Cc1c[nH]c2cc(F)ccc12)NC(=O)C1CCCN1C(=O)C12C(=O)C3(C)CC4(C)CC1C432. The molecule has 1 spiro atoms. The van der Waals surface area contributed by atoms with Gasteiger partial charge in [-0.1, -0.05) is 37.6 Å². The number of fused-ring (bicyclic) bond motifs is 2. The molecule has 2 amide bonds. The van der Waals surface area contributed by atoms with Crippen LogP contribution >= 0.6 is 0 Å². The molecule has 1 aromatic carbocycles. The van der Waals surface area contributed by atoms with Crippen LogP contribution in [-0.4, -0.2) is 75.9 Å². The predicted octanol–water partition coefficient (Wildman–Crippen LogP) is 4.10. The number of rotatable bonds is 9. The summed E-state index contributed by atoms with van der Waals surface area (Å²) in [5, 5.41) is 15.7. The number of carbonyl (C=O) groups excluding carboxylic acids is 3. The maximum atomic E-state index is 14.3. The summed E-state index contributed by atoms with van der Waals surface area (Å²) in [7, 11) is 1.86. The number of aromatic amines is 1. The van der Waals surface area contributed by atoms with Crippen LogP contribution in [0.4, 0.5) is 4.39 Å². The molecular weight excluding hydrogens is 571 g/mol. The van der Waals surface area contributed by atoms with Crippen molar-refractivity contribution in [2.75, 3.05) is 20.1 Å². The first-order chi connectivity index (χ1) is 21.4. The lowest BCUT2D eigenvalue weighted by molar-refractivity contribution is -0.242. The molecule has 1 aliphatic heterocycles. The lowest BCUT2D eigenvalue weighted by Crippen LogP contribution is -2.75. The second-order valence-corrected chi connectivity index (χ2v) is 15.4. The van der Waals surface area contributed by atoms with Crippen LogP contribution < -0.4 is 5.32 Å². The Kier molecular flexibility index (Phi) is 6.07. The van der Waals surface area contributed by atoms with Gasteiger partial charge in [0.15, 0.2) is 5.78 Å². The first-order valence-electron chi connectivity index (χ1n) is 16.5. The molecule has 1 saturated heterocycles. The van der Waals surface area contributed by atoms with Crippen molar-refractivity contribution in [2.24, 2.45) is 33.5 Å². The number of ketones is 1. The van der Waals surface area contributed by atoms with Gasteiger partial charge in [-0.3, -0.25) is 19.3 Å². The van der Waals surface area contributed by atoms with Gasteiger partial charge in [0.05, 0.1) is 6.04 Å². The number of amides is 2. The normalized spacial score (nSPS) is 38.5. The summed E-state index contributed by atoms with van der Waals surface area (Å²) < 4.78 is 13.9. The summed E-state index contributed by atoms with van der Waals surface area (Å²) >= 11 is 0. The maximum Gasteiger partial charge on any atom is 0.243 e. The van der Waals surface area contributed by atoms with E-state index in [0.29, 0.717) is 37.9 Å². The third-order valence-electron chi connectivity index (χ3n) is 13.2. The lowest BCUT2D eigenvalue weighted by atomic mass is 9.29. The van der Waals surface area contributed by atoms with Gasteiger partial charge in [0.1, 0.15) is 23.5 Å². The van der Waals surface area contributed by atoms with Crippen molar-refractivity contribution in [3.05, 3.63) is 59.6 Å².